The maximum absolute atomic E-state index is 13.6. The van der Waals surface area contributed by atoms with Gasteiger partial charge in [-0.15, -0.1) is 0 Å². The molecule has 1 atom stereocenters. The van der Waals surface area contributed by atoms with Gasteiger partial charge in [-0.2, -0.15) is 0 Å². The quantitative estimate of drug-likeness (QED) is 0.887. The number of nitrogens with one attached hydrogen (secondary N) is 1. The molecule has 1 aromatic carbocycles. The van der Waals surface area contributed by atoms with Crippen molar-refractivity contribution in [2.45, 2.75) is 12.6 Å². The molecule has 1 aromatic rings. The molecule has 1 unspecified atom stereocenters. The van der Waals surface area contributed by atoms with Gasteiger partial charge in [-0.3, -0.25) is 9.69 Å². The van der Waals surface area contributed by atoms with Crippen LogP contribution in [0.4, 0.5) is 8.78 Å². The van der Waals surface area contributed by atoms with Crippen LogP contribution in [-0.2, 0) is 16.1 Å². The highest BCUT2D eigenvalue weighted by Crippen LogP contribution is 2.14. The Bertz CT molecular complexity index is 468. The summed E-state index contributed by atoms with van der Waals surface area (Å²) in [6.45, 7) is 1.77. The minimum atomic E-state index is -0.591. The van der Waals surface area contributed by atoms with Gasteiger partial charge >= 0.3 is 0 Å². The molecular formula is C13H16F2N2O2. The van der Waals surface area contributed by atoms with E-state index in [0.29, 0.717) is 31.8 Å². The van der Waals surface area contributed by atoms with Crippen LogP contribution in [0.5, 0.6) is 0 Å². The highest BCUT2D eigenvalue weighted by molar-refractivity contribution is 5.80. The molecule has 0 bridgehead atoms. The molecule has 0 saturated carbocycles. The molecule has 1 amide bonds. The summed E-state index contributed by atoms with van der Waals surface area (Å²) >= 11 is 0. The van der Waals surface area contributed by atoms with Gasteiger partial charge in [-0.25, -0.2) is 8.78 Å². The molecule has 1 aliphatic rings. The minimum absolute atomic E-state index is 0.190. The molecule has 0 aromatic heterocycles. The smallest absolute Gasteiger partial charge is 0.250 e. The summed E-state index contributed by atoms with van der Waals surface area (Å²) < 4.78 is 31.7. The first kappa shape index (κ1) is 13.9. The molecule has 6 heteroatoms. The Morgan fingerprint density at radius 1 is 1.53 bits per heavy atom. The lowest BCUT2D eigenvalue weighted by molar-refractivity contribution is -0.138. The number of rotatable bonds is 3. The average molecular weight is 270 g/mol. The fourth-order valence-corrected chi connectivity index (χ4v) is 2.06. The standard InChI is InChI=1S/C13H16F2N2O2/c1-16-13(18)12-8-17(4-5-19-12)7-9-2-3-10(14)6-11(9)15/h2-3,6,12H,4-5,7-8H2,1H3,(H,16,18). The van der Waals surface area contributed by atoms with Gasteiger partial charge < -0.3 is 10.1 Å². The van der Waals surface area contributed by atoms with Crippen molar-refractivity contribution in [1.82, 2.24) is 10.2 Å². The summed E-state index contributed by atoms with van der Waals surface area (Å²) in [6.07, 6.45) is -0.540. The molecule has 0 radical (unpaired) electrons. The zero-order valence-electron chi connectivity index (χ0n) is 10.7. The van der Waals surface area contributed by atoms with Gasteiger partial charge in [-0.05, 0) is 6.07 Å². The number of halogens is 2. The Kier molecular flexibility index (Phi) is 4.44. The van der Waals surface area contributed by atoms with E-state index < -0.39 is 17.7 Å². The monoisotopic (exact) mass is 270 g/mol. The molecule has 1 aliphatic heterocycles. The molecule has 19 heavy (non-hydrogen) atoms. The zero-order valence-corrected chi connectivity index (χ0v) is 10.7. The topological polar surface area (TPSA) is 41.6 Å². The largest absolute Gasteiger partial charge is 0.366 e. The summed E-state index contributed by atoms with van der Waals surface area (Å²) in [4.78, 5) is 13.4. The molecule has 1 N–H and O–H groups in total. The van der Waals surface area contributed by atoms with Crippen molar-refractivity contribution in [2.24, 2.45) is 0 Å². The lowest BCUT2D eigenvalue weighted by atomic mass is 10.1. The second-order valence-corrected chi connectivity index (χ2v) is 4.44. The van der Waals surface area contributed by atoms with Crippen molar-refractivity contribution in [3.05, 3.63) is 35.4 Å². The molecule has 104 valence electrons. The summed E-state index contributed by atoms with van der Waals surface area (Å²) in [5.41, 5.74) is 0.416. The van der Waals surface area contributed by atoms with Gasteiger partial charge in [0.25, 0.3) is 0 Å². The van der Waals surface area contributed by atoms with E-state index in [0.717, 1.165) is 6.07 Å². The van der Waals surface area contributed by atoms with Gasteiger partial charge in [0, 0.05) is 38.3 Å². The van der Waals surface area contributed by atoms with E-state index in [1.807, 2.05) is 4.90 Å². The fraction of sp³-hybridized carbons (Fsp3) is 0.462. The van der Waals surface area contributed by atoms with Gasteiger partial charge in [0.2, 0.25) is 5.91 Å². The van der Waals surface area contributed by atoms with Crippen molar-refractivity contribution in [1.29, 1.82) is 0 Å². The van der Waals surface area contributed by atoms with Crippen LogP contribution in [0.3, 0.4) is 0 Å². The third-order valence-electron chi connectivity index (χ3n) is 3.10. The molecule has 4 nitrogen and oxygen atoms in total. The predicted molar refractivity (Wildman–Crippen MR) is 65.4 cm³/mol. The Hall–Kier alpha value is -1.53. The predicted octanol–water partition coefficient (Wildman–Crippen LogP) is 0.912. The van der Waals surface area contributed by atoms with E-state index in [9.17, 15) is 13.6 Å². The van der Waals surface area contributed by atoms with Crippen LogP contribution < -0.4 is 5.32 Å². The number of amides is 1. The normalized spacial score (nSPS) is 20.3. The first-order valence-electron chi connectivity index (χ1n) is 6.09. The number of hydrogen-bond acceptors (Lipinski definition) is 3. The van der Waals surface area contributed by atoms with E-state index in [4.69, 9.17) is 4.74 Å². The maximum Gasteiger partial charge on any atom is 0.250 e. The number of ether oxygens (including phenoxy) is 1. The minimum Gasteiger partial charge on any atom is -0.366 e. The number of likely N-dealkylation sites (N-methyl/N-ethyl adjacent to an activating group) is 1. The molecule has 2 rings (SSSR count). The van der Waals surface area contributed by atoms with Crippen molar-refractivity contribution in [3.63, 3.8) is 0 Å². The first-order valence-corrected chi connectivity index (χ1v) is 6.09. The number of hydrogen-bond donors (Lipinski definition) is 1. The summed E-state index contributed by atoms with van der Waals surface area (Å²) in [5.74, 6) is -1.35. The Morgan fingerprint density at radius 2 is 2.32 bits per heavy atom. The SMILES string of the molecule is CNC(=O)C1CN(Cc2ccc(F)cc2F)CCO1. The summed E-state index contributed by atoms with van der Waals surface area (Å²) in [6, 6.07) is 3.52. The number of nitrogens with zero attached hydrogens (tertiary/aromatic N) is 1. The van der Waals surface area contributed by atoms with Crippen LogP contribution in [0.15, 0.2) is 18.2 Å². The Morgan fingerprint density at radius 3 is 3.00 bits per heavy atom. The summed E-state index contributed by atoms with van der Waals surface area (Å²) in [5, 5.41) is 2.52. The Labute approximate surface area is 110 Å². The van der Waals surface area contributed by atoms with Gasteiger partial charge in [0.1, 0.15) is 17.7 Å². The molecule has 1 heterocycles. The second kappa shape index (κ2) is 6.08. The lowest BCUT2D eigenvalue weighted by Crippen LogP contribution is -2.48. The third kappa shape index (κ3) is 3.48. The fourth-order valence-electron chi connectivity index (χ4n) is 2.06. The van der Waals surface area contributed by atoms with Crippen LogP contribution in [0.2, 0.25) is 0 Å². The van der Waals surface area contributed by atoms with Crippen LogP contribution >= 0.6 is 0 Å². The van der Waals surface area contributed by atoms with Crippen molar-refractivity contribution in [2.75, 3.05) is 26.7 Å². The summed E-state index contributed by atoms with van der Waals surface area (Å²) in [7, 11) is 1.55. The first-order chi connectivity index (χ1) is 9.10. The van der Waals surface area contributed by atoms with E-state index in [2.05, 4.69) is 5.32 Å². The molecule has 1 saturated heterocycles. The van der Waals surface area contributed by atoms with Crippen LogP contribution in [0.1, 0.15) is 5.56 Å². The third-order valence-corrected chi connectivity index (χ3v) is 3.10. The number of morpholine rings is 1. The van der Waals surface area contributed by atoms with Crippen LogP contribution in [0.25, 0.3) is 0 Å². The highest BCUT2D eigenvalue weighted by Gasteiger charge is 2.26. The Balaban J connectivity index is 2.00. The van der Waals surface area contributed by atoms with E-state index in [1.165, 1.54) is 12.1 Å². The van der Waals surface area contributed by atoms with Crippen molar-refractivity contribution >= 4 is 5.91 Å². The van der Waals surface area contributed by atoms with Crippen molar-refractivity contribution < 1.29 is 18.3 Å². The number of benzene rings is 1. The molecular weight excluding hydrogens is 254 g/mol. The van der Waals surface area contributed by atoms with Gasteiger partial charge in [0.05, 0.1) is 6.61 Å². The lowest BCUT2D eigenvalue weighted by Gasteiger charge is -2.31. The van der Waals surface area contributed by atoms with Crippen LogP contribution in [0, 0.1) is 11.6 Å². The van der Waals surface area contributed by atoms with E-state index in [-0.39, 0.29) is 5.91 Å². The highest BCUT2D eigenvalue weighted by atomic mass is 19.1. The maximum atomic E-state index is 13.6. The van der Waals surface area contributed by atoms with Gasteiger partial charge in [-0.1, -0.05) is 6.07 Å². The zero-order chi connectivity index (χ0) is 13.8. The molecule has 0 spiro atoms. The van der Waals surface area contributed by atoms with E-state index >= 15 is 0 Å². The molecule has 1 fully saturated rings. The van der Waals surface area contributed by atoms with Crippen molar-refractivity contribution in [3.8, 4) is 0 Å². The van der Waals surface area contributed by atoms with E-state index in [1.54, 1.807) is 7.05 Å². The average Bonchev–Trinajstić information content (AvgIpc) is 2.41. The van der Waals surface area contributed by atoms with Gasteiger partial charge in [0.15, 0.2) is 0 Å². The van der Waals surface area contributed by atoms with Crippen LogP contribution in [-0.4, -0.2) is 43.7 Å². The number of carbonyl (C=O) groups is 1. The number of carbonyl (C=O) groups excluding carboxylic acids is 1. The molecule has 0 aliphatic carbocycles. The second-order valence-electron chi connectivity index (χ2n) is 4.44.